The molecule has 4 nitrogen and oxygen atoms in total. The highest BCUT2D eigenvalue weighted by Gasteiger charge is 2.01. The lowest BCUT2D eigenvalue weighted by molar-refractivity contribution is 0.412. The summed E-state index contributed by atoms with van der Waals surface area (Å²) in [7, 11) is 5.23. The van der Waals surface area contributed by atoms with Crippen molar-refractivity contribution in [2.45, 2.75) is 6.54 Å². The molecule has 0 aliphatic rings. The predicted molar refractivity (Wildman–Crippen MR) is 70.0 cm³/mol. The number of hydrogen-bond acceptors (Lipinski definition) is 2. The van der Waals surface area contributed by atoms with E-state index in [0.717, 1.165) is 28.3 Å². The number of ether oxygens (including phenoxy) is 1. The fourth-order valence-corrected chi connectivity index (χ4v) is 1.87. The Bertz CT molecular complexity index is 379. The average molecular weight is 286 g/mol. The van der Waals surface area contributed by atoms with Gasteiger partial charge in [-0.2, -0.15) is 0 Å². The normalized spacial score (nSPS) is 11.1. The van der Waals surface area contributed by atoms with Crippen molar-refractivity contribution in [3.05, 3.63) is 28.2 Å². The molecule has 0 radical (unpaired) electrons. The van der Waals surface area contributed by atoms with Gasteiger partial charge in [0.15, 0.2) is 5.96 Å². The fourth-order valence-electron chi connectivity index (χ4n) is 1.28. The smallest absolute Gasteiger partial charge is 0.190 e. The molecule has 0 spiro atoms. The van der Waals surface area contributed by atoms with E-state index in [1.165, 1.54) is 0 Å². The minimum absolute atomic E-state index is 0.718. The Hall–Kier alpha value is -1.23. The van der Waals surface area contributed by atoms with Crippen molar-refractivity contribution in [2.75, 3.05) is 21.2 Å². The molecule has 88 valence electrons. The molecule has 0 bridgehead atoms. The Morgan fingerprint density at radius 3 is 2.75 bits per heavy atom. The van der Waals surface area contributed by atoms with Gasteiger partial charge in [0.05, 0.1) is 11.6 Å². The van der Waals surface area contributed by atoms with Crippen molar-refractivity contribution in [1.29, 1.82) is 0 Å². The van der Waals surface area contributed by atoms with Gasteiger partial charge in [-0.25, -0.2) is 0 Å². The molecule has 1 aromatic rings. The number of rotatable bonds is 3. The highest BCUT2D eigenvalue weighted by Crippen LogP contribution is 2.25. The maximum absolute atomic E-state index is 5.16. The van der Waals surface area contributed by atoms with Crippen LogP contribution in [0.25, 0.3) is 0 Å². The van der Waals surface area contributed by atoms with Gasteiger partial charge < -0.3 is 15.4 Å². The van der Waals surface area contributed by atoms with Crippen LogP contribution < -0.4 is 15.4 Å². The van der Waals surface area contributed by atoms with E-state index in [4.69, 9.17) is 4.74 Å². The van der Waals surface area contributed by atoms with Crippen LogP contribution in [0.1, 0.15) is 5.56 Å². The summed E-state index contributed by atoms with van der Waals surface area (Å²) in [4.78, 5) is 4.04. The average Bonchev–Trinajstić information content (AvgIpc) is 2.30. The molecule has 0 aliphatic heterocycles. The van der Waals surface area contributed by atoms with Gasteiger partial charge in [0.2, 0.25) is 0 Å². The Morgan fingerprint density at radius 1 is 1.50 bits per heavy atom. The molecule has 1 rings (SSSR count). The van der Waals surface area contributed by atoms with Crippen LogP contribution in [-0.2, 0) is 6.54 Å². The van der Waals surface area contributed by atoms with E-state index < -0.39 is 0 Å². The van der Waals surface area contributed by atoms with Crippen LogP contribution in [-0.4, -0.2) is 27.2 Å². The van der Waals surface area contributed by atoms with E-state index in [9.17, 15) is 0 Å². The summed E-state index contributed by atoms with van der Waals surface area (Å²) < 4.78 is 6.12. The zero-order chi connectivity index (χ0) is 12.0. The van der Waals surface area contributed by atoms with Gasteiger partial charge in [0, 0.05) is 20.6 Å². The second-order valence-corrected chi connectivity index (χ2v) is 4.00. The molecule has 5 heteroatoms. The maximum atomic E-state index is 5.16. The summed E-state index contributed by atoms with van der Waals surface area (Å²) in [6.07, 6.45) is 0. The number of guanidine groups is 1. The number of benzene rings is 1. The molecule has 2 N–H and O–H groups in total. The van der Waals surface area contributed by atoms with Crippen LogP contribution in [0.4, 0.5) is 0 Å². The van der Waals surface area contributed by atoms with Crippen molar-refractivity contribution in [2.24, 2.45) is 4.99 Å². The number of halogens is 1. The first kappa shape index (κ1) is 12.8. The predicted octanol–water partition coefficient (Wildman–Crippen LogP) is 1.75. The van der Waals surface area contributed by atoms with E-state index in [1.807, 2.05) is 25.2 Å². The summed E-state index contributed by atoms with van der Waals surface area (Å²) in [6, 6.07) is 5.97. The Kier molecular flexibility index (Phi) is 5.11. The van der Waals surface area contributed by atoms with Crippen LogP contribution in [0.2, 0.25) is 0 Å². The maximum Gasteiger partial charge on any atom is 0.190 e. The lowest BCUT2D eigenvalue weighted by atomic mass is 10.2. The first-order chi connectivity index (χ1) is 7.71. The van der Waals surface area contributed by atoms with Crippen molar-refractivity contribution < 1.29 is 4.74 Å². The number of nitrogens with one attached hydrogen (secondary N) is 2. The van der Waals surface area contributed by atoms with Crippen LogP contribution in [0, 0.1) is 0 Å². The lowest BCUT2D eigenvalue weighted by Gasteiger charge is -2.10. The second kappa shape index (κ2) is 6.37. The molecule has 0 saturated heterocycles. The molecular formula is C11H16BrN3O. The monoisotopic (exact) mass is 285 g/mol. The van der Waals surface area contributed by atoms with Crippen LogP contribution in [0.5, 0.6) is 5.75 Å². The Morgan fingerprint density at radius 2 is 2.25 bits per heavy atom. The summed E-state index contributed by atoms with van der Waals surface area (Å²) >= 11 is 3.45. The third-order valence-corrected chi connectivity index (χ3v) is 2.76. The molecule has 0 amide bonds. The highest BCUT2D eigenvalue weighted by molar-refractivity contribution is 9.10. The van der Waals surface area contributed by atoms with Crippen molar-refractivity contribution >= 4 is 21.9 Å². The quantitative estimate of drug-likeness (QED) is 0.657. The summed E-state index contributed by atoms with van der Waals surface area (Å²) in [5, 5.41) is 6.14. The third kappa shape index (κ3) is 3.41. The Balaban J connectivity index is 2.65. The largest absolute Gasteiger partial charge is 0.496 e. The fraction of sp³-hybridized carbons (Fsp3) is 0.364. The van der Waals surface area contributed by atoms with E-state index in [-0.39, 0.29) is 0 Å². The third-order valence-electron chi connectivity index (χ3n) is 2.14. The van der Waals surface area contributed by atoms with Crippen LogP contribution in [0.15, 0.2) is 27.7 Å². The van der Waals surface area contributed by atoms with Gasteiger partial charge in [-0.1, -0.05) is 6.07 Å². The molecule has 0 heterocycles. The van der Waals surface area contributed by atoms with E-state index >= 15 is 0 Å². The van der Waals surface area contributed by atoms with E-state index in [1.54, 1.807) is 14.2 Å². The first-order valence-electron chi connectivity index (χ1n) is 4.92. The van der Waals surface area contributed by atoms with Crippen LogP contribution in [0.3, 0.4) is 0 Å². The van der Waals surface area contributed by atoms with E-state index in [2.05, 4.69) is 31.6 Å². The molecule has 0 fully saturated rings. The summed E-state index contributed by atoms with van der Waals surface area (Å²) in [5.74, 6) is 1.61. The van der Waals surface area contributed by atoms with Gasteiger partial charge in [-0.15, -0.1) is 0 Å². The topological polar surface area (TPSA) is 45.7 Å². The molecular weight excluding hydrogens is 270 g/mol. The first-order valence-corrected chi connectivity index (χ1v) is 5.71. The molecule has 0 aromatic heterocycles. The molecule has 0 aliphatic carbocycles. The van der Waals surface area contributed by atoms with Crippen molar-refractivity contribution in [3.8, 4) is 5.75 Å². The standard InChI is InChI=1S/C11H16BrN3O/c1-13-11(14-2)15-7-8-4-5-10(16-3)9(12)6-8/h4-6H,7H2,1-3H3,(H2,13,14,15). The van der Waals surface area contributed by atoms with Crippen LogP contribution >= 0.6 is 15.9 Å². The van der Waals surface area contributed by atoms with Gasteiger partial charge in [0.1, 0.15) is 5.75 Å². The number of methoxy groups -OCH3 is 1. The molecule has 0 atom stereocenters. The van der Waals surface area contributed by atoms with Gasteiger partial charge in [-0.3, -0.25) is 4.99 Å². The number of nitrogens with zero attached hydrogens (tertiary/aromatic N) is 1. The number of hydrogen-bond donors (Lipinski definition) is 2. The van der Waals surface area contributed by atoms with Gasteiger partial charge >= 0.3 is 0 Å². The SMILES string of the molecule is CN=C(NC)NCc1ccc(OC)c(Br)c1. The van der Waals surface area contributed by atoms with Gasteiger partial charge in [0.25, 0.3) is 0 Å². The zero-order valence-corrected chi connectivity index (χ0v) is 11.3. The highest BCUT2D eigenvalue weighted by atomic mass is 79.9. The molecule has 16 heavy (non-hydrogen) atoms. The Labute approximate surface area is 104 Å². The summed E-state index contributed by atoms with van der Waals surface area (Å²) in [6.45, 7) is 0.718. The molecule has 0 saturated carbocycles. The number of aliphatic imine (C=N–C) groups is 1. The van der Waals surface area contributed by atoms with Gasteiger partial charge in [-0.05, 0) is 33.6 Å². The van der Waals surface area contributed by atoms with Crippen molar-refractivity contribution in [3.63, 3.8) is 0 Å². The van der Waals surface area contributed by atoms with E-state index in [0.29, 0.717) is 0 Å². The lowest BCUT2D eigenvalue weighted by Crippen LogP contribution is -2.34. The van der Waals surface area contributed by atoms with Crippen molar-refractivity contribution in [1.82, 2.24) is 10.6 Å². The minimum Gasteiger partial charge on any atom is -0.496 e. The minimum atomic E-state index is 0.718. The zero-order valence-electron chi connectivity index (χ0n) is 9.67. The second-order valence-electron chi connectivity index (χ2n) is 3.14. The molecule has 0 unspecified atom stereocenters. The summed E-state index contributed by atoms with van der Waals surface area (Å²) in [5.41, 5.74) is 1.16. The molecule has 1 aromatic carbocycles.